The molecule has 0 aliphatic rings. The van der Waals surface area contributed by atoms with Gasteiger partial charge in [0.25, 0.3) is 0 Å². The van der Waals surface area contributed by atoms with Crippen LogP contribution < -0.4 is 15.4 Å². The van der Waals surface area contributed by atoms with Crippen LogP contribution in [0.4, 0.5) is 23.1 Å². The van der Waals surface area contributed by atoms with Gasteiger partial charge in [0.2, 0.25) is 5.95 Å². The van der Waals surface area contributed by atoms with Crippen LogP contribution in [0.15, 0.2) is 60.9 Å². The van der Waals surface area contributed by atoms with Crippen LogP contribution in [0.25, 0.3) is 11.2 Å². The lowest BCUT2D eigenvalue weighted by Gasteiger charge is -2.11. The number of anilines is 4. The number of hydrogen-bond acceptors (Lipinski definition) is 9. The molecule has 0 spiro atoms. The number of esters is 1. The number of nitrogens with one attached hydrogen (secondary N) is 2. The van der Waals surface area contributed by atoms with Crippen molar-refractivity contribution in [2.24, 2.45) is 0 Å². The summed E-state index contributed by atoms with van der Waals surface area (Å²) in [5, 5.41) is 6.39. The van der Waals surface area contributed by atoms with Crippen molar-refractivity contribution in [2.45, 2.75) is 6.92 Å². The van der Waals surface area contributed by atoms with Crippen molar-refractivity contribution in [1.82, 2.24) is 19.9 Å². The first-order chi connectivity index (χ1) is 15.2. The van der Waals surface area contributed by atoms with Crippen LogP contribution >= 0.6 is 0 Å². The van der Waals surface area contributed by atoms with Crippen LogP contribution in [0.1, 0.15) is 17.3 Å². The normalized spacial score (nSPS) is 10.5. The average molecular weight is 416 g/mol. The number of aromatic nitrogens is 4. The van der Waals surface area contributed by atoms with Crippen molar-refractivity contribution in [3.8, 4) is 5.75 Å². The molecule has 4 rings (SSSR count). The Kier molecular flexibility index (Phi) is 5.84. The molecule has 2 heterocycles. The van der Waals surface area contributed by atoms with E-state index in [0.717, 1.165) is 11.4 Å². The Morgan fingerprint density at radius 2 is 1.58 bits per heavy atom. The predicted molar refractivity (Wildman–Crippen MR) is 117 cm³/mol. The maximum atomic E-state index is 11.8. The second kappa shape index (κ2) is 9.04. The smallest absolute Gasteiger partial charge is 0.338 e. The van der Waals surface area contributed by atoms with Gasteiger partial charge < -0.3 is 20.1 Å². The van der Waals surface area contributed by atoms with Gasteiger partial charge in [0, 0.05) is 23.8 Å². The van der Waals surface area contributed by atoms with Crippen molar-refractivity contribution >= 4 is 40.3 Å². The number of rotatable bonds is 7. The number of methoxy groups -OCH3 is 1. The summed E-state index contributed by atoms with van der Waals surface area (Å²) in [7, 11) is 1.62. The fraction of sp³-hybridized carbons (Fsp3) is 0.136. The van der Waals surface area contributed by atoms with Crippen LogP contribution in [0, 0.1) is 0 Å². The lowest BCUT2D eigenvalue weighted by atomic mass is 10.2. The molecule has 0 fully saturated rings. The van der Waals surface area contributed by atoms with E-state index < -0.39 is 0 Å². The first kappa shape index (κ1) is 20.0. The standard InChI is InChI=1S/C22H20N6O3/c1-3-31-21(29)14-4-6-16(7-5-14)26-22-27-19-18(23-12-13-24-19)20(28-22)25-15-8-10-17(30-2)11-9-15/h4-13H,3H2,1-2H3,(H2,24,25,26,27,28). The molecular weight excluding hydrogens is 396 g/mol. The van der Waals surface area contributed by atoms with E-state index in [1.807, 2.05) is 24.3 Å². The maximum absolute atomic E-state index is 11.8. The van der Waals surface area contributed by atoms with Crippen LogP contribution in [-0.4, -0.2) is 39.6 Å². The molecule has 2 aromatic heterocycles. The fourth-order valence-corrected chi connectivity index (χ4v) is 2.85. The average Bonchev–Trinajstić information content (AvgIpc) is 2.80. The first-order valence-corrected chi connectivity index (χ1v) is 9.60. The lowest BCUT2D eigenvalue weighted by Crippen LogP contribution is -2.05. The zero-order valence-corrected chi connectivity index (χ0v) is 17.0. The van der Waals surface area contributed by atoms with E-state index >= 15 is 0 Å². The Labute approximate surface area is 178 Å². The summed E-state index contributed by atoms with van der Waals surface area (Å²) in [6.07, 6.45) is 3.16. The van der Waals surface area contributed by atoms with E-state index in [9.17, 15) is 4.79 Å². The number of carbonyl (C=O) groups is 1. The van der Waals surface area contributed by atoms with Gasteiger partial charge in [0.05, 0.1) is 19.3 Å². The minimum absolute atomic E-state index is 0.328. The molecule has 31 heavy (non-hydrogen) atoms. The van der Waals surface area contributed by atoms with Crippen LogP contribution in [0.5, 0.6) is 5.75 Å². The quantitative estimate of drug-likeness (QED) is 0.430. The highest BCUT2D eigenvalue weighted by Crippen LogP contribution is 2.25. The molecule has 0 radical (unpaired) electrons. The van der Waals surface area contributed by atoms with Gasteiger partial charge in [-0.25, -0.2) is 14.8 Å². The highest BCUT2D eigenvalue weighted by Gasteiger charge is 2.12. The third-order valence-electron chi connectivity index (χ3n) is 4.34. The van der Waals surface area contributed by atoms with E-state index in [0.29, 0.717) is 40.8 Å². The summed E-state index contributed by atoms with van der Waals surface area (Å²) < 4.78 is 10.2. The van der Waals surface area contributed by atoms with Gasteiger partial charge in [0.15, 0.2) is 17.0 Å². The molecule has 2 aromatic carbocycles. The van der Waals surface area contributed by atoms with Gasteiger partial charge >= 0.3 is 5.97 Å². The Morgan fingerprint density at radius 1 is 0.903 bits per heavy atom. The Hall–Kier alpha value is -4.27. The van der Waals surface area contributed by atoms with Crippen molar-refractivity contribution in [2.75, 3.05) is 24.4 Å². The summed E-state index contributed by atoms with van der Waals surface area (Å²) in [4.78, 5) is 29.5. The molecule has 2 N–H and O–H groups in total. The molecule has 0 aliphatic carbocycles. The van der Waals surface area contributed by atoms with Gasteiger partial charge in [-0.2, -0.15) is 9.97 Å². The number of hydrogen-bond donors (Lipinski definition) is 2. The minimum Gasteiger partial charge on any atom is -0.497 e. The van der Waals surface area contributed by atoms with E-state index in [2.05, 4.69) is 30.6 Å². The van der Waals surface area contributed by atoms with E-state index in [1.54, 1.807) is 50.7 Å². The Morgan fingerprint density at radius 3 is 2.29 bits per heavy atom. The monoisotopic (exact) mass is 416 g/mol. The fourth-order valence-electron chi connectivity index (χ4n) is 2.85. The topological polar surface area (TPSA) is 111 Å². The van der Waals surface area contributed by atoms with E-state index in [-0.39, 0.29) is 5.97 Å². The highest BCUT2D eigenvalue weighted by atomic mass is 16.5. The zero-order valence-electron chi connectivity index (χ0n) is 17.0. The molecule has 0 bridgehead atoms. The van der Waals surface area contributed by atoms with Gasteiger partial charge in [-0.15, -0.1) is 0 Å². The molecule has 9 nitrogen and oxygen atoms in total. The second-order valence-electron chi connectivity index (χ2n) is 6.40. The summed E-state index contributed by atoms with van der Waals surface area (Å²) in [6, 6.07) is 14.3. The van der Waals surface area contributed by atoms with Crippen molar-refractivity contribution < 1.29 is 14.3 Å². The number of ether oxygens (including phenoxy) is 2. The lowest BCUT2D eigenvalue weighted by molar-refractivity contribution is 0.0526. The largest absolute Gasteiger partial charge is 0.497 e. The van der Waals surface area contributed by atoms with Crippen LogP contribution in [0.2, 0.25) is 0 Å². The van der Waals surface area contributed by atoms with Gasteiger partial charge in [-0.1, -0.05) is 0 Å². The number of nitrogens with zero attached hydrogens (tertiary/aromatic N) is 4. The molecule has 0 amide bonds. The molecule has 0 saturated carbocycles. The molecule has 0 unspecified atom stereocenters. The molecule has 9 heteroatoms. The molecule has 4 aromatic rings. The van der Waals surface area contributed by atoms with Gasteiger partial charge in [-0.05, 0) is 55.5 Å². The Bertz CT molecular complexity index is 1200. The number of benzene rings is 2. The Balaban J connectivity index is 1.61. The molecule has 0 atom stereocenters. The summed E-state index contributed by atoms with van der Waals surface area (Å²) >= 11 is 0. The predicted octanol–water partition coefficient (Wildman–Crippen LogP) is 4.09. The van der Waals surface area contributed by atoms with Gasteiger partial charge in [-0.3, -0.25) is 0 Å². The molecular formula is C22H20N6O3. The molecule has 156 valence electrons. The molecule has 0 saturated heterocycles. The third kappa shape index (κ3) is 4.67. The summed E-state index contributed by atoms with van der Waals surface area (Å²) in [6.45, 7) is 2.10. The molecule has 0 aliphatic heterocycles. The van der Waals surface area contributed by atoms with Crippen molar-refractivity contribution in [3.05, 3.63) is 66.5 Å². The number of fused-ring (bicyclic) bond motifs is 1. The number of carbonyl (C=O) groups excluding carboxylic acids is 1. The second-order valence-corrected chi connectivity index (χ2v) is 6.40. The van der Waals surface area contributed by atoms with E-state index in [4.69, 9.17) is 9.47 Å². The van der Waals surface area contributed by atoms with Crippen LogP contribution in [-0.2, 0) is 4.74 Å². The minimum atomic E-state index is -0.364. The summed E-state index contributed by atoms with van der Waals surface area (Å²) in [5.74, 6) is 1.24. The SMILES string of the molecule is CCOC(=O)c1ccc(Nc2nc(Nc3ccc(OC)cc3)c3nccnc3n2)cc1. The van der Waals surface area contributed by atoms with Crippen molar-refractivity contribution in [3.63, 3.8) is 0 Å². The summed E-state index contributed by atoms with van der Waals surface area (Å²) in [5.41, 5.74) is 2.99. The zero-order chi connectivity index (χ0) is 21.6. The third-order valence-corrected chi connectivity index (χ3v) is 4.34. The maximum Gasteiger partial charge on any atom is 0.338 e. The van der Waals surface area contributed by atoms with Gasteiger partial charge in [0.1, 0.15) is 5.75 Å². The first-order valence-electron chi connectivity index (χ1n) is 9.60. The highest BCUT2D eigenvalue weighted by molar-refractivity contribution is 5.90. The van der Waals surface area contributed by atoms with E-state index in [1.165, 1.54) is 0 Å². The van der Waals surface area contributed by atoms with Crippen molar-refractivity contribution in [1.29, 1.82) is 0 Å². The van der Waals surface area contributed by atoms with Crippen LogP contribution in [0.3, 0.4) is 0 Å².